The lowest BCUT2D eigenvalue weighted by atomic mass is 9.95. The molecule has 2 aliphatic rings. The Morgan fingerprint density at radius 3 is 2.51 bits per heavy atom. The zero-order valence-corrected chi connectivity index (χ0v) is 27.4. The number of nitrogens with zero attached hydrogens (tertiary/aromatic N) is 3. The van der Waals surface area contributed by atoms with Gasteiger partial charge in [-0.15, -0.1) is 0 Å². The molecule has 1 aromatic heterocycles. The molecule has 1 atom stereocenters. The lowest BCUT2D eigenvalue weighted by Gasteiger charge is -2.29. The fourth-order valence-electron chi connectivity index (χ4n) is 5.36. The molecule has 220 valence electrons. The van der Waals surface area contributed by atoms with Gasteiger partial charge < -0.3 is 19.1 Å². The molecule has 0 bridgehead atoms. The van der Waals surface area contributed by atoms with Crippen LogP contribution in [0.15, 0.2) is 89.9 Å². The number of ether oxygens (including phenoxy) is 3. The predicted octanol–water partition coefficient (Wildman–Crippen LogP) is 5.81. The van der Waals surface area contributed by atoms with E-state index in [4.69, 9.17) is 19.2 Å². The van der Waals surface area contributed by atoms with Crippen molar-refractivity contribution >= 4 is 62.4 Å². The summed E-state index contributed by atoms with van der Waals surface area (Å²) >= 11 is 6.64. The first-order chi connectivity index (χ1) is 20.7. The highest BCUT2D eigenvalue weighted by Gasteiger charge is 2.35. The second-order valence-electron chi connectivity index (χ2n) is 9.89. The molecule has 0 amide bonds. The quantitative estimate of drug-likeness (QED) is 0.238. The summed E-state index contributed by atoms with van der Waals surface area (Å²) in [6.45, 7) is 3.70. The first kappa shape index (κ1) is 29.3. The minimum absolute atomic E-state index is 0.190. The van der Waals surface area contributed by atoms with Crippen molar-refractivity contribution in [2.75, 3.05) is 32.8 Å². The predicted molar refractivity (Wildman–Crippen MR) is 173 cm³/mol. The number of benzene rings is 3. The van der Waals surface area contributed by atoms with Gasteiger partial charge in [0.05, 0.1) is 54.0 Å². The Hall–Kier alpha value is -3.80. The number of aromatic nitrogens is 1. The van der Waals surface area contributed by atoms with E-state index in [0.717, 1.165) is 21.8 Å². The van der Waals surface area contributed by atoms with Crippen molar-refractivity contribution in [2.24, 2.45) is 4.99 Å². The molecule has 4 aromatic rings. The zero-order valence-electron chi connectivity index (χ0n) is 24.1. The molecule has 0 N–H and O–H groups in total. The van der Waals surface area contributed by atoms with Gasteiger partial charge in [-0.25, -0.2) is 9.79 Å². The molecule has 0 saturated heterocycles. The molecule has 0 spiro atoms. The number of fused-ring (bicyclic) bond motifs is 3. The number of thiazole rings is 1. The molecule has 6 rings (SSSR count). The van der Waals surface area contributed by atoms with Crippen molar-refractivity contribution in [1.82, 2.24) is 4.57 Å². The van der Waals surface area contributed by atoms with E-state index in [1.807, 2.05) is 24.3 Å². The third-order valence-corrected chi connectivity index (χ3v) is 10.2. The van der Waals surface area contributed by atoms with E-state index in [9.17, 15) is 9.59 Å². The van der Waals surface area contributed by atoms with Crippen molar-refractivity contribution in [3.63, 3.8) is 0 Å². The van der Waals surface area contributed by atoms with Crippen molar-refractivity contribution in [1.29, 1.82) is 0 Å². The van der Waals surface area contributed by atoms with Crippen LogP contribution in [0.5, 0.6) is 11.5 Å². The molecular formula is C32H28BrN3O5S2. The van der Waals surface area contributed by atoms with Gasteiger partial charge in [0.1, 0.15) is 0 Å². The summed E-state index contributed by atoms with van der Waals surface area (Å²) in [5, 5.41) is 0. The van der Waals surface area contributed by atoms with Gasteiger partial charge in [-0.05, 0) is 67.4 Å². The Labute approximate surface area is 265 Å². The number of anilines is 2. The van der Waals surface area contributed by atoms with Gasteiger partial charge in [0.25, 0.3) is 5.56 Å². The highest BCUT2D eigenvalue weighted by atomic mass is 79.9. The first-order valence-corrected chi connectivity index (χ1v) is 15.9. The summed E-state index contributed by atoms with van der Waals surface area (Å²) in [7, 11) is 5.16. The summed E-state index contributed by atoms with van der Waals surface area (Å²) in [5.41, 5.74) is 4.34. The number of carbonyl (C=O) groups is 1. The number of carbonyl (C=O) groups excluding carboxylic acids is 1. The molecule has 2 aliphatic heterocycles. The molecule has 11 heteroatoms. The molecule has 0 saturated carbocycles. The maximum Gasteiger partial charge on any atom is 0.338 e. The second-order valence-corrected chi connectivity index (χ2v) is 12.8. The van der Waals surface area contributed by atoms with E-state index in [2.05, 4.69) is 52.1 Å². The fourth-order valence-corrected chi connectivity index (χ4v) is 8.15. The number of methoxy groups -OCH3 is 2. The Kier molecular flexibility index (Phi) is 7.97. The maximum absolute atomic E-state index is 14.2. The van der Waals surface area contributed by atoms with Crippen LogP contribution in [0, 0.1) is 0 Å². The number of para-hydroxylation sites is 1. The van der Waals surface area contributed by atoms with E-state index >= 15 is 0 Å². The van der Waals surface area contributed by atoms with Gasteiger partial charge in [0.2, 0.25) is 0 Å². The summed E-state index contributed by atoms with van der Waals surface area (Å²) in [6.07, 6.45) is 1.88. The van der Waals surface area contributed by atoms with E-state index in [1.54, 1.807) is 56.5 Å². The highest BCUT2D eigenvalue weighted by molar-refractivity contribution is 9.10. The van der Waals surface area contributed by atoms with E-state index in [1.165, 1.54) is 16.2 Å². The average molecular weight is 679 g/mol. The van der Waals surface area contributed by atoms with Gasteiger partial charge >= 0.3 is 5.97 Å². The molecule has 3 aromatic carbocycles. The minimum atomic E-state index is -0.795. The fraction of sp³-hybridized carbons (Fsp3) is 0.219. The van der Waals surface area contributed by atoms with Crippen LogP contribution in [-0.4, -0.2) is 38.4 Å². The summed E-state index contributed by atoms with van der Waals surface area (Å²) < 4.78 is 19.2. The molecule has 3 heterocycles. The summed E-state index contributed by atoms with van der Waals surface area (Å²) in [5.74, 6) is 0.460. The molecular weight excluding hydrogens is 650 g/mol. The number of hydrogen-bond acceptors (Lipinski definition) is 9. The van der Waals surface area contributed by atoms with Crippen LogP contribution in [0.3, 0.4) is 0 Å². The zero-order chi connectivity index (χ0) is 30.4. The Morgan fingerprint density at radius 2 is 1.77 bits per heavy atom. The monoisotopic (exact) mass is 677 g/mol. The Bertz CT molecular complexity index is 2000. The van der Waals surface area contributed by atoms with Crippen LogP contribution in [0.1, 0.15) is 31.0 Å². The van der Waals surface area contributed by atoms with E-state index in [0.29, 0.717) is 42.1 Å². The third-order valence-electron chi connectivity index (χ3n) is 7.40. The van der Waals surface area contributed by atoms with Crippen LogP contribution in [0.25, 0.3) is 6.08 Å². The van der Waals surface area contributed by atoms with Gasteiger partial charge in [-0.3, -0.25) is 9.36 Å². The Balaban J connectivity index is 1.51. The summed E-state index contributed by atoms with van der Waals surface area (Å²) in [6, 6.07) is 17.2. The van der Waals surface area contributed by atoms with E-state index < -0.39 is 12.0 Å². The number of rotatable bonds is 6. The van der Waals surface area contributed by atoms with Crippen molar-refractivity contribution in [3.8, 4) is 11.5 Å². The van der Waals surface area contributed by atoms with Gasteiger partial charge in [-0.2, -0.15) is 0 Å². The van der Waals surface area contributed by atoms with Crippen LogP contribution < -0.4 is 29.3 Å². The smallest absolute Gasteiger partial charge is 0.338 e. The second kappa shape index (κ2) is 11.7. The number of hydrogen-bond donors (Lipinski definition) is 0. The van der Waals surface area contributed by atoms with Crippen LogP contribution in [0.4, 0.5) is 11.4 Å². The van der Waals surface area contributed by atoms with E-state index in [-0.39, 0.29) is 12.2 Å². The molecule has 0 unspecified atom stereocenters. The first-order valence-electron chi connectivity index (χ1n) is 13.5. The molecule has 43 heavy (non-hydrogen) atoms. The Morgan fingerprint density at radius 1 is 1.05 bits per heavy atom. The van der Waals surface area contributed by atoms with Gasteiger partial charge in [0, 0.05) is 21.3 Å². The van der Waals surface area contributed by atoms with Crippen LogP contribution in [-0.2, 0) is 9.53 Å². The largest absolute Gasteiger partial charge is 0.493 e. The standard InChI is InChI=1S/C32H28BrN3O5S2/c1-6-41-31(38)28-17(2)34-32-36(29(28)19-15-23(39-4)24(40-5)16-20(19)33)30(37)27(43-32)14-18-11-12-22-26(13-18)42-25-10-8-7-9-21(25)35(22)3/h7-16,29H,6H2,1-5H3/b27-14+/t29-/m1/s1. The molecule has 0 radical (unpaired) electrons. The van der Waals surface area contributed by atoms with Crippen molar-refractivity contribution < 1.29 is 19.0 Å². The average Bonchev–Trinajstić information content (AvgIpc) is 3.30. The minimum Gasteiger partial charge on any atom is -0.493 e. The van der Waals surface area contributed by atoms with Crippen LogP contribution in [0.2, 0.25) is 0 Å². The third kappa shape index (κ3) is 5.09. The number of esters is 1. The molecule has 0 fully saturated rings. The van der Waals surface area contributed by atoms with Gasteiger partial charge in [-0.1, -0.05) is 57.2 Å². The van der Waals surface area contributed by atoms with Crippen molar-refractivity contribution in [3.05, 3.63) is 101 Å². The summed E-state index contributed by atoms with van der Waals surface area (Å²) in [4.78, 5) is 37.1. The lowest BCUT2D eigenvalue weighted by molar-refractivity contribution is -0.139. The number of allylic oxidation sites excluding steroid dienone is 1. The molecule has 8 nitrogen and oxygen atoms in total. The number of halogens is 1. The topological polar surface area (TPSA) is 82.4 Å². The SMILES string of the molecule is CCOC(=O)C1=C(C)N=c2s/c(=C/c3ccc4c(c3)Sc3ccccc3N4C)c(=O)n2[C@@H]1c1cc(OC)c(OC)cc1Br. The maximum atomic E-state index is 14.2. The normalized spacial score (nSPS) is 15.8. The van der Waals surface area contributed by atoms with Crippen LogP contribution >= 0.6 is 39.0 Å². The lowest BCUT2D eigenvalue weighted by Crippen LogP contribution is -2.40. The van der Waals surface area contributed by atoms with Gasteiger partial charge in [0.15, 0.2) is 16.3 Å². The molecule has 0 aliphatic carbocycles. The highest BCUT2D eigenvalue weighted by Crippen LogP contribution is 2.47. The van der Waals surface area contributed by atoms with Crippen molar-refractivity contribution in [2.45, 2.75) is 29.7 Å².